The number of rotatable bonds is 7. The number of carbonyl (C=O) groups excluding carboxylic acids is 1. The van der Waals surface area contributed by atoms with E-state index in [1.807, 2.05) is 6.92 Å². The van der Waals surface area contributed by atoms with Gasteiger partial charge in [-0.2, -0.15) is 0 Å². The van der Waals surface area contributed by atoms with Gasteiger partial charge >= 0.3 is 0 Å². The second-order valence-electron chi connectivity index (χ2n) is 3.60. The molecule has 0 aliphatic rings. The van der Waals surface area contributed by atoms with Crippen LogP contribution in [-0.2, 0) is 4.79 Å². The van der Waals surface area contributed by atoms with Gasteiger partial charge in [0.25, 0.3) is 0 Å². The Kier molecular flexibility index (Phi) is 7.69. The molecule has 0 aromatic heterocycles. The molecule has 0 fully saturated rings. The van der Waals surface area contributed by atoms with E-state index >= 15 is 0 Å². The van der Waals surface area contributed by atoms with Crippen molar-refractivity contribution >= 4 is 5.91 Å². The SMILES string of the molecule is CCCCCC(=O)NCC(C)CN. The van der Waals surface area contributed by atoms with Crippen molar-refractivity contribution in [2.45, 2.75) is 39.5 Å². The smallest absolute Gasteiger partial charge is 0.220 e. The minimum atomic E-state index is 0.161. The van der Waals surface area contributed by atoms with Gasteiger partial charge < -0.3 is 11.1 Å². The molecule has 0 rings (SSSR count). The lowest BCUT2D eigenvalue weighted by molar-refractivity contribution is -0.121. The van der Waals surface area contributed by atoms with Crippen LogP contribution in [0.15, 0.2) is 0 Å². The van der Waals surface area contributed by atoms with E-state index in [9.17, 15) is 4.79 Å². The van der Waals surface area contributed by atoms with Gasteiger partial charge in [-0.3, -0.25) is 4.79 Å². The van der Waals surface area contributed by atoms with Crippen LogP contribution in [0, 0.1) is 5.92 Å². The zero-order valence-corrected chi connectivity index (χ0v) is 8.81. The molecule has 0 aliphatic carbocycles. The van der Waals surface area contributed by atoms with Crippen LogP contribution in [0.3, 0.4) is 0 Å². The molecule has 13 heavy (non-hydrogen) atoms. The van der Waals surface area contributed by atoms with Gasteiger partial charge in [-0.05, 0) is 18.9 Å². The van der Waals surface area contributed by atoms with Gasteiger partial charge in [0, 0.05) is 13.0 Å². The van der Waals surface area contributed by atoms with E-state index in [0.29, 0.717) is 25.4 Å². The van der Waals surface area contributed by atoms with Crippen molar-refractivity contribution in [3.05, 3.63) is 0 Å². The van der Waals surface area contributed by atoms with Crippen molar-refractivity contribution in [3.8, 4) is 0 Å². The van der Waals surface area contributed by atoms with Crippen molar-refractivity contribution < 1.29 is 4.79 Å². The van der Waals surface area contributed by atoms with Crippen LogP contribution in [0.25, 0.3) is 0 Å². The van der Waals surface area contributed by atoms with Gasteiger partial charge in [0.15, 0.2) is 0 Å². The first-order valence-electron chi connectivity index (χ1n) is 5.17. The van der Waals surface area contributed by atoms with Crippen molar-refractivity contribution in [2.24, 2.45) is 11.7 Å². The summed E-state index contributed by atoms with van der Waals surface area (Å²) in [6, 6.07) is 0. The molecule has 0 bridgehead atoms. The van der Waals surface area contributed by atoms with Crippen molar-refractivity contribution in [3.63, 3.8) is 0 Å². The second kappa shape index (κ2) is 8.05. The highest BCUT2D eigenvalue weighted by Gasteiger charge is 2.02. The fraction of sp³-hybridized carbons (Fsp3) is 0.900. The highest BCUT2D eigenvalue weighted by molar-refractivity contribution is 5.75. The number of amides is 1. The zero-order valence-electron chi connectivity index (χ0n) is 8.81. The second-order valence-corrected chi connectivity index (χ2v) is 3.60. The summed E-state index contributed by atoms with van der Waals surface area (Å²) >= 11 is 0. The summed E-state index contributed by atoms with van der Waals surface area (Å²) in [7, 11) is 0. The van der Waals surface area contributed by atoms with Crippen molar-refractivity contribution in [2.75, 3.05) is 13.1 Å². The molecule has 1 atom stereocenters. The molecule has 3 N–H and O–H groups in total. The third-order valence-corrected chi connectivity index (χ3v) is 2.06. The number of nitrogens with one attached hydrogen (secondary N) is 1. The Balaban J connectivity index is 3.30. The Hall–Kier alpha value is -0.570. The Morgan fingerprint density at radius 2 is 2.15 bits per heavy atom. The summed E-state index contributed by atoms with van der Waals surface area (Å²) in [6.45, 7) is 5.51. The third kappa shape index (κ3) is 7.78. The fourth-order valence-corrected chi connectivity index (χ4v) is 0.995. The predicted molar refractivity (Wildman–Crippen MR) is 55.4 cm³/mol. The maximum Gasteiger partial charge on any atom is 0.220 e. The van der Waals surface area contributed by atoms with E-state index in [0.717, 1.165) is 19.3 Å². The summed E-state index contributed by atoms with van der Waals surface area (Å²) in [4.78, 5) is 11.2. The van der Waals surface area contributed by atoms with Crippen LogP contribution < -0.4 is 11.1 Å². The summed E-state index contributed by atoms with van der Waals surface area (Å²) in [5, 5.41) is 2.87. The van der Waals surface area contributed by atoms with Crippen LogP contribution in [0.1, 0.15) is 39.5 Å². The summed E-state index contributed by atoms with van der Waals surface area (Å²) < 4.78 is 0. The number of unbranched alkanes of at least 4 members (excludes halogenated alkanes) is 2. The Morgan fingerprint density at radius 1 is 1.46 bits per heavy atom. The maximum atomic E-state index is 11.2. The normalized spacial score (nSPS) is 12.5. The van der Waals surface area contributed by atoms with Gasteiger partial charge in [0.2, 0.25) is 5.91 Å². The molecule has 1 amide bonds. The molecular weight excluding hydrogens is 164 g/mol. The largest absolute Gasteiger partial charge is 0.356 e. The number of carbonyl (C=O) groups is 1. The van der Waals surface area contributed by atoms with E-state index in [2.05, 4.69) is 12.2 Å². The summed E-state index contributed by atoms with van der Waals surface area (Å²) in [5.74, 6) is 0.545. The highest BCUT2D eigenvalue weighted by atomic mass is 16.1. The molecule has 78 valence electrons. The van der Waals surface area contributed by atoms with Crippen LogP contribution in [0.5, 0.6) is 0 Å². The lowest BCUT2D eigenvalue weighted by Gasteiger charge is -2.09. The Labute approximate surface area is 81.1 Å². The molecule has 0 radical (unpaired) electrons. The molecule has 0 spiro atoms. The van der Waals surface area contributed by atoms with Crippen LogP contribution in [0.4, 0.5) is 0 Å². The molecule has 0 saturated carbocycles. The van der Waals surface area contributed by atoms with E-state index in [4.69, 9.17) is 5.73 Å². The first-order chi connectivity index (χ1) is 6.20. The molecule has 1 unspecified atom stereocenters. The number of hydrogen-bond acceptors (Lipinski definition) is 2. The lowest BCUT2D eigenvalue weighted by Crippen LogP contribution is -2.31. The number of hydrogen-bond donors (Lipinski definition) is 2. The first kappa shape index (κ1) is 12.4. The summed E-state index contributed by atoms with van der Waals surface area (Å²) in [6.07, 6.45) is 3.96. The average molecular weight is 186 g/mol. The molecular formula is C10H22N2O. The molecule has 3 nitrogen and oxygen atoms in total. The minimum Gasteiger partial charge on any atom is -0.356 e. The zero-order chi connectivity index (χ0) is 10.1. The lowest BCUT2D eigenvalue weighted by atomic mass is 10.1. The topological polar surface area (TPSA) is 55.1 Å². The molecule has 0 saturated heterocycles. The predicted octanol–water partition coefficient (Wildman–Crippen LogP) is 1.28. The van der Waals surface area contributed by atoms with Crippen LogP contribution in [-0.4, -0.2) is 19.0 Å². The fourth-order valence-electron chi connectivity index (χ4n) is 0.995. The van der Waals surface area contributed by atoms with Gasteiger partial charge in [0.05, 0.1) is 0 Å². The maximum absolute atomic E-state index is 11.2. The molecule has 3 heteroatoms. The van der Waals surface area contributed by atoms with Gasteiger partial charge in [-0.25, -0.2) is 0 Å². The molecule has 0 aliphatic heterocycles. The van der Waals surface area contributed by atoms with E-state index < -0.39 is 0 Å². The van der Waals surface area contributed by atoms with E-state index in [-0.39, 0.29) is 5.91 Å². The van der Waals surface area contributed by atoms with Crippen molar-refractivity contribution in [1.82, 2.24) is 5.32 Å². The first-order valence-corrected chi connectivity index (χ1v) is 5.17. The van der Waals surface area contributed by atoms with E-state index in [1.165, 1.54) is 0 Å². The van der Waals surface area contributed by atoms with E-state index in [1.54, 1.807) is 0 Å². The summed E-state index contributed by atoms with van der Waals surface area (Å²) in [5.41, 5.74) is 5.43. The third-order valence-electron chi connectivity index (χ3n) is 2.06. The highest BCUT2D eigenvalue weighted by Crippen LogP contribution is 1.98. The molecule has 0 heterocycles. The van der Waals surface area contributed by atoms with Crippen LogP contribution in [0.2, 0.25) is 0 Å². The monoisotopic (exact) mass is 186 g/mol. The van der Waals surface area contributed by atoms with Crippen molar-refractivity contribution in [1.29, 1.82) is 0 Å². The Bertz CT molecular complexity index is 137. The Morgan fingerprint density at radius 3 is 2.69 bits per heavy atom. The molecule has 0 aromatic rings. The number of nitrogens with two attached hydrogens (primary N) is 1. The molecule has 0 aromatic carbocycles. The standard InChI is InChI=1S/C10H22N2O/c1-3-4-5-6-10(13)12-8-9(2)7-11/h9H,3-8,11H2,1-2H3,(H,12,13). The van der Waals surface area contributed by atoms with Crippen LogP contribution >= 0.6 is 0 Å². The van der Waals surface area contributed by atoms with Gasteiger partial charge in [-0.15, -0.1) is 0 Å². The minimum absolute atomic E-state index is 0.161. The van der Waals surface area contributed by atoms with Gasteiger partial charge in [-0.1, -0.05) is 26.7 Å². The van der Waals surface area contributed by atoms with Gasteiger partial charge in [0.1, 0.15) is 0 Å². The average Bonchev–Trinajstić information content (AvgIpc) is 2.14. The quantitative estimate of drug-likeness (QED) is 0.588.